The van der Waals surface area contributed by atoms with Gasteiger partial charge in [-0.3, -0.25) is 0 Å². The first kappa shape index (κ1) is 30.2. The molecule has 0 atom stereocenters. The Kier molecular flexibility index (Phi) is 6.40. The van der Waals surface area contributed by atoms with Gasteiger partial charge in [0, 0.05) is 44.4 Å². The van der Waals surface area contributed by atoms with Crippen LogP contribution >= 0.6 is 0 Å². The van der Waals surface area contributed by atoms with Crippen molar-refractivity contribution in [3.05, 3.63) is 188 Å². The summed E-state index contributed by atoms with van der Waals surface area (Å²) in [5.41, 5.74) is 10.2. The highest BCUT2D eigenvalue weighted by molar-refractivity contribution is 6.99. The Balaban J connectivity index is 1.13. The van der Waals surface area contributed by atoms with Gasteiger partial charge in [-0.15, -0.1) is 0 Å². The largest absolute Gasteiger partial charge is 0.458 e. The van der Waals surface area contributed by atoms with Crippen molar-refractivity contribution in [2.24, 2.45) is 0 Å². The van der Waals surface area contributed by atoms with Crippen LogP contribution in [0.15, 0.2) is 188 Å². The molecule has 10 aromatic rings. The highest BCUT2D eigenvalue weighted by Crippen LogP contribution is 2.43. The molecule has 0 saturated carbocycles. The van der Waals surface area contributed by atoms with Gasteiger partial charge in [-0.05, 0) is 106 Å². The summed E-state index contributed by atoms with van der Waals surface area (Å²) in [5, 5.41) is 7.10. The van der Waals surface area contributed by atoms with Gasteiger partial charge in [0.25, 0.3) is 6.71 Å². The summed E-state index contributed by atoms with van der Waals surface area (Å²) in [6, 6.07) is 67.1. The molecule has 0 bridgehead atoms. The van der Waals surface area contributed by atoms with E-state index in [1.165, 1.54) is 37.9 Å². The predicted molar refractivity (Wildman–Crippen MR) is 228 cm³/mol. The van der Waals surface area contributed by atoms with E-state index in [0.29, 0.717) is 0 Å². The van der Waals surface area contributed by atoms with Crippen LogP contribution in [-0.4, -0.2) is 11.3 Å². The lowest BCUT2D eigenvalue weighted by Crippen LogP contribution is -2.57. The van der Waals surface area contributed by atoms with E-state index in [-0.39, 0.29) is 6.71 Å². The van der Waals surface area contributed by atoms with E-state index in [9.17, 15) is 0 Å². The second-order valence-electron chi connectivity index (χ2n) is 14.5. The Morgan fingerprint density at radius 1 is 0.400 bits per heavy atom. The van der Waals surface area contributed by atoms with Crippen molar-refractivity contribution in [3.8, 4) is 28.7 Å². The monoisotopic (exact) mass is 702 g/mol. The van der Waals surface area contributed by atoms with Crippen molar-refractivity contribution in [1.82, 2.24) is 4.57 Å². The van der Waals surface area contributed by atoms with Crippen molar-refractivity contribution >= 4 is 83.5 Å². The molecule has 9 aromatic carbocycles. The molecule has 0 amide bonds. The number of anilines is 3. The lowest BCUT2D eigenvalue weighted by Gasteiger charge is -2.33. The molecule has 0 radical (unpaired) electrons. The molecule has 0 spiro atoms. The fourth-order valence-corrected chi connectivity index (χ4v) is 9.11. The minimum atomic E-state index is -0.0577. The van der Waals surface area contributed by atoms with Crippen LogP contribution in [0, 0.1) is 0 Å². The third kappa shape index (κ3) is 4.47. The van der Waals surface area contributed by atoms with E-state index in [1.54, 1.807) is 0 Å². The molecule has 0 saturated heterocycles. The number of hydrogen-bond donors (Lipinski definition) is 0. The van der Waals surface area contributed by atoms with Crippen LogP contribution in [0.25, 0.3) is 49.0 Å². The van der Waals surface area contributed by atoms with Crippen LogP contribution in [0.2, 0.25) is 0 Å². The fraction of sp³-hybridized carbons (Fsp3) is 0. The molecule has 0 aliphatic carbocycles. The van der Waals surface area contributed by atoms with E-state index in [1.807, 2.05) is 6.07 Å². The predicted octanol–water partition coefficient (Wildman–Crippen LogP) is 11.3. The maximum absolute atomic E-state index is 6.84. The van der Waals surface area contributed by atoms with Crippen LogP contribution in [0.1, 0.15) is 0 Å². The molecular formula is C50H31BN2O2. The van der Waals surface area contributed by atoms with Crippen molar-refractivity contribution in [1.29, 1.82) is 0 Å². The number of fused-ring (bicyclic) bond motifs is 11. The number of nitrogens with zero attached hydrogens (tertiary/aromatic N) is 2. The quantitative estimate of drug-likeness (QED) is 0.171. The van der Waals surface area contributed by atoms with Gasteiger partial charge in [-0.25, -0.2) is 0 Å². The summed E-state index contributed by atoms with van der Waals surface area (Å²) in [7, 11) is 0. The van der Waals surface area contributed by atoms with Crippen LogP contribution in [0.4, 0.5) is 17.1 Å². The first-order valence-corrected chi connectivity index (χ1v) is 18.8. The normalized spacial score (nSPS) is 12.6. The highest BCUT2D eigenvalue weighted by Gasteiger charge is 2.41. The van der Waals surface area contributed by atoms with E-state index in [0.717, 1.165) is 67.6 Å². The van der Waals surface area contributed by atoms with Crippen LogP contribution in [0.5, 0.6) is 23.0 Å². The van der Waals surface area contributed by atoms with Crippen LogP contribution < -0.4 is 30.8 Å². The van der Waals surface area contributed by atoms with Crippen molar-refractivity contribution in [2.75, 3.05) is 4.90 Å². The standard InChI is InChI=1S/C50H31BN2O2/c1-4-14-34(15-5-1)52(35-16-6-2-7-17-35)37-25-27-39-33(29-37)23-26-40-41-30-47-42(31-43(41)53(50(39)40)36-18-8-3-9-19-36)51-48-38-20-11-10-13-32(38)24-28-46(48)54-44-21-12-22-45(55-47)49(44)51/h1-31H. The topological polar surface area (TPSA) is 26.6 Å². The van der Waals surface area contributed by atoms with Gasteiger partial charge in [0.2, 0.25) is 0 Å². The smallest absolute Gasteiger partial charge is 0.261 e. The van der Waals surface area contributed by atoms with Gasteiger partial charge in [-0.1, -0.05) is 109 Å². The molecule has 0 unspecified atom stereocenters. The van der Waals surface area contributed by atoms with Crippen molar-refractivity contribution in [2.45, 2.75) is 0 Å². The molecule has 55 heavy (non-hydrogen) atoms. The number of benzene rings is 9. The zero-order valence-electron chi connectivity index (χ0n) is 29.7. The SMILES string of the molecule is c1ccc(N(c2ccccc2)c2ccc3c(ccc4c5cc6c(cc5n(-c5ccccc5)c34)B3c4c(cccc4Oc4ccc5ccccc5c43)O6)c2)cc1. The molecule has 2 aliphatic heterocycles. The summed E-state index contributed by atoms with van der Waals surface area (Å²) >= 11 is 0. The number of para-hydroxylation sites is 3. The van der Waals surface area contributed by atoms with E-state index < -0.39 is 0 Å². The first-order chi connectivity index (χ1) is 27.3. The minimum Gasteiger partial charge on any atom is -0.458 e. The molecule has 2 aliphatic rings. The van der Waals surface area contributed by atoms with Crippen LogP contribution in [-0.2, 0) is 0 Å². The van der Waals surface area contributed by atoms with Crippen molar-refractivity contribution < 1.29 is 9.47 Å². The lowest BCUT2D eigenvalue weighted by molar-refractivity contribution is 0.465. The van der Waals surface area contributed by atoms with Gasteiger partial charge < -0.3 is 18.9 Å². The molecule has 4 nitrogen and oxygen atoms in total. The Labute approximate surface area is 318 Å². The zero-order chi connectivity index (χ0) is 36.0. The summed E-state index contributed by atoms with van der Waals surface area (Å²) in [6.07, 6.45) is 0. The van der Waals surface area contributed by atoms with Gasteiger partial charge in [-0.2, -0.15) is 0 Å². The number of hydrogen-bond acceptors (Lipinski definition) is 3. The Hall–Kier alpha value is -7.24. The zero-order valence-corrected chi connectivity index (χ0v) is 29.7. The Morgan fingerprint density at radius 3 is 1.80 bits per heavy atom. The second-order valence-corrected chi connectivity index (χ2v) is 14.5. The molecule has 12 rings (SSSR count). The second kappa shape index (κ2) is 11.6. The minimum absolute atomic E-state index is 0.0577. The maximum atomic E-state index is 6.84. The average molecular weight is 703 g/mol. The van der Waals surface area contributed by atoms with Crippen LogP contribution in [0.3, 0.4) is 0 Å². The molecule has 1 aromatic heterocycles. The number of ether oxygens (including phenoxy) is 2. The van der Waals surface area contributed by atoms with Crippen molar-refractivity contribution in [3.63, 3.8) is 0 Å². The first-order valence-electron chi connectivity index (χ1n) is 18.8. The molecule has 5 heteroatoms. The maximum Gasteiger partial charge on any atom is 0.261 e. The van der Waals surface area contributed by atoms with Gasteiger partial charge in [0.05, 0.1) is 11.0 Å². The molecule has 0 N–H and O–H groups in total. The van der Waals surface area contributed by atoms with Gasteiger partial charge >= 0.3 is 0 Å². The number of rotatable bonds is 4. The van der Waals surface area contributed by atoms with E-state index in [4.69, 9.17) is 9.47 Å². The molecule has 3 heterocycles. The Morgan fingerprint density at radius 2 is 1.04 bits per heavy atom. The summed E-state index contributed by atoms with van der Waals surface area (Å²) in [5.74, 6) is 3.47. The third-order valence-electron chi connectivity index (χ3n) is 11.4. The van der Waals surface area contributed by atoms with E-state index >= 15 is 0 Å². The molecule has 256 valence electrons. The van der Waals surface area contributed by atoms with Gasteiger partial charge in [0.15, 0.2) is 0 Å². The highest BCUT2D eigenvalue weighted by atomic mass is 16.5. The van der Waals surface area contributed by atoms with Gasteiger partial charge in [0.1, 0.15) is 23.0 Å². The molecule has 0 fully saturated rings. The summed E-state index contributed by atoms with van der Waals surface area (Å²) < 4.78 is 15.9. The molecular weight excluding hydrogens is 671 g/mol. The summed E-state index contributed by atoms with van der Waals surface area (Å²) in [6.45, 7) is -0.0577. The fourth-order valence-electron chi connectivity index (χ4n) is 9.11. The third-order valence-corrected chi connectivity index (χ3v) is 11.4. The van der Waals surface area contributed by atoms with E-state index in [2.05, 4.69) is 191 Å². The Bertz CT molecular complexity index is 3120. The average Bonchev–Trinajstić information content (AvgIpc) is 3.57. The number of aromatic nitrogens is 1. The summed E-state index contributed by atoms with van der Waals surface area (Å²) in [4.78, 5) is 2.32. The lowest BCUT2D eigenvalue weighted by atomic mass is 9.34.